The van der Waals surface area contributed by atoms with Gasteiger partial charge in [0.1, 0.15) is 0 Å². The molecule has 3 aromatic rings. The average molecular weight is 441 g/mol. The molecule has 1 unspecified atom stereocenters. The number of nitrogens with one attached hydrogen (secondary N) is 1. The van der Waals surface area contributed by atoms with Crippen LogP contribution in [-0.2, 0) is 20.8 Å². The third-order valence-corrected chi connectivity index (χ3v) is 5.44. The maximum absolute atomic E-state index is 13.3. The molecule has 0 saturated carbocycles. The molecule has 7 heteroatoms. The Kier molecular flexibility index (Phi) is 6.31. The SMILES string of the molecule is CC(=O)Nc1cccc(N2C(=O)C(O)=C(C(=O)CCc3ccccc3)C2c2cccnc2)c1. The number of benzene rings is 2. The van der Waals surface area contributed by atoms with E-state index in [0.717, 1.165) is 5.56 Å². The van der Waals surface area contributed by atoms with Crippen LogP contribution in [0.5, 0.6) is 0 Å². The lowest BCUT2D eigenvalue weighted by Gasteiger charge is -2.27. The summed E-state index contributed by atoms with van der Waals surface area (Å²) in [5, 5.41) is 13.5. The van der Waals surface area contributed by atoms with E-state index in [1.54, 1.807) is 48.8 Å². The summed E-state index contributed by atoms with van der Waals surface area (Å²) >= 11 is 0. The van der Waals surface area contributed by atoms with Crippen LogP contribution in [0.2, 0.25) is 0 Å². The molecule has 7 nitrogen and oxygen atoms in total. The molecule has 1 aromatic heterocycles. The lowest BCUT2D eigenvalue weighted by molar-refractivity contribution is -0.118. The molecular weight excluding hydrogens is 418 g/mol. The average Bonchev–Trinajstić information content (AvgIpc) is 3.09. The molecule has 2 amide bonds. The molecule has 0 bridgehead atoms. The summed E-state index contributed by atoms with van der Waals surface area (Å²) in [6.45, 7) is 1.39. The van der Waals surface area contributed by atoms with Gasteiger partial charge in [0.2, 0.25) is 5.91 Å². The van der Waals surface area contributed by atoms with Gasteiger partial charge in [-0.25, -0.2) is 0 Å². The van der Waals surface area contributed by atoms with Gasteiger partial charge >= 0.3 is 0 Å². The number of aromatic nitrogens is 1. The van der Waals surface area contributed by atoms with Crippen LogP contribution in [0, 0.1) is 0 Å². The summed E-state index contributed by atoms with van der Waals surface area (Å²) in [4.78, 5) is 43.4. The summed E-state index contributed by atoms with van der Waals surface area (Å²) in [5.74, 6) is -1.79. The number of aliphatic hydroxyl groups excluding tert-OH is 1. The van der Waals surface area contributed by atoms with Crippen molar-refractivity contribution in [1.82, 2.24) is 4.98 Å². The van der Waals surface area contributed by atoms with Crippen LogP contribution in [0.1, 0.15) is 30.5 Å². The fourth-order valence-electron chi connectivity index (χ4n) is 3.98. The molecule has 1 aliphatic heterocycles. The van der Waals surface area contributed by atoms with Gasteiger partial charge < -0.3 is 10.4 Å². The standard InChI is InChI=1S/C26H23N3O4/c1-17(30)28-20-10-5-11-21(15-20)29-24(19-9-6-14-27-16-19)23(25(32)26(29)33)22(31)13-12-18-7-3-2-4-8-18/h2-11,14-16,24,32H,12-13H2,1H3,(H,28,30). The molecule has 0 fully saturated rings. The Morgan fingerprint density at radius 2 is 1.85 bits per heavy atom. The Morgan fingerprint density at radius 1 is 1.06 bits per heavy atom. The van der Waals surface area contributed by atoms with Crippen LogP contribution in [0.3, 0.4) is 0 Å². The number of carbonyl (C=O) groups excluding carboxylic acids is 3. The zero-order chi connectivity index (χ0) is 23.4. The first-order valence-electron chi connectivity index (χ1n) is 10.6. The molecule has 33 heavy (non-hydrogen) atoms. The van der Waals surface area contributed by atoms with Gasteiger partial charge in [-0.05, 0) is 41.8 Å². The third kappa shape index (κ3) is 4.67. The number of hydrogen-bond donors (Lipinski definition) is 2. The highest BCUT2D eigenvalue weighted by molar-refractivity contribution is 6.16. The molecule has 1 aliphatic rings. The summed E-state index contributed by atoms with van der Waals surface area (Å²) in [6.07, 6.45) is 3.81. The van der Waals surface area contributed by atoms with Crippen LogP contribution >= 0.6 is 0 Å². The Hall–Kier alpha value is -4.26. The van der Waals surface area contributed by atoms with E-state index in [1.165, 1.54) is 11.8 Å². The smallest absolute Gasteiger partial charge is 0.294 e. The molecule has 4 rings (SSSR count). The van der Waals surface area contributed by atoms with E-state index in [9.17, 15) is 19.5 Å². The Morgan fingerprint density at radius 3 is 2.55 bits per heavy atom. The number of anilines is 2. The van der Waals surface area contributed by atoms with Gasteiger partial charge in [-0.1, -0.05) is 42.5 Å². The molecule has 166 valence electrons. The van der Waals surface area contributed by atoms with Gasteiger partial charge in [0.25, 0.3) is 5.91 Å². The topological polar surface area (TPSA) is 99.6 Å². The van der Waals surface area contributed by atoms with Crippen molar-refractivity contribution >= 4 is 29.0 Å². The summed E-state index contributed by atoms with van der Waals surface area (Å²) in [6, 6.07) is 18.9. The Balaban J connectivity index is 1.71. The monoisotopic (exact) mass is 441 g/mol. The minimum absolute atomic E-state index is 0.0499. The van der Waals surface area contributed by atoms with Gasteiger partial charge in [0, 0.05) is 37.1 Å². The highest BCUT2D eigenvalue weighted by atomic mass is 16.3. The number of nitrogens with zero attached hydrogens (tertiary/aromatic N) is 2. The second kappa shape index (κ2) is 9.48. The predicted octanol–water partition coefficient (Wildman–Crippen LogP) is 4.14. The fraction of sp³-hybridized carbons (Fsp3) is 0.154. The third-order valence-electron chi connectivity index (χ3n) is 5.44. The van der Waals surface area contributed by atoms with Crippen LogP contribution < -0.4 is 10.2 Å². The van der Waals surface area contributed by atoms with Gasteiger partial charge in [-0.3, -0.25) is 24.3 Å². The first-order valence-corrected chi connectivity index (χ1v) is 10.6. The molecule has 0 radical (unpaired) electrons. The van der Waals surface area contributed by atoms with Gasteiger partial charge in [0.15, 0.2) is 11.5 Å². The number of aryl methyl sites for hydroxylation is 1. The van der Waals surface area contributed by atoms with Crippen LogP contribution in [0.15, 0.2) is 90.5 Å². The van der Waals surface area contributed by atoms with Crippen LogP contribution in [0.25, 0.3) is 0 Å². The largest absolute Gasteiger partial charge is 0.503 e. The number of aliphatic hydroxyl groups is 1. The second-order valence-electron chi connectivity index (χ2n) is 7.77. The number of ketones is 1. The lowest BCUT2D eigenvalue weighted by atomic mass is 9.94. The molecule has 0 aliphatic carbocycles. The number of Topliss-reactive ketones (excluding diaryl/α,β-unsaturated/α-hetero) is 1. The zero-order valence-electron chi connectivity index (χ0n) is 18.1. The maximum atomic E-state index is 13.3. The number of pyridine rings is 1. The molecular formula is C26H23N3O4. The molecule has 2 heterocycles. The van der Waals surface area contributed by atoms with Gasteiger partial charge in [0.05, 0.1) is 11.6 Å². The first kappa shape index (κ1) is 22.0. The van der Waals surface area contributed by atoms with Gasteiger partial charge in [-0.15, -0.1) is 0 Å². The Bertz CT molecular complexity index is 1220. The minimum atomic E-state index is -0.831. The maximum Gasteiger partial charge on any atom is 0.294 e. The Labute approximate surface area is 191 Å². The molecule has 0 saturated heterocycles. The summed E-state index contributed by atoms with van der Waals surface area (Å²) in [7, 11) is 0. The van der Waals surface area contributed by atoms with Crippen molar-refractivity contribution < 1.29 is 19.5 Å². The van der Waals surface area contributed by atoms with E-state index < -0.39 is 17.7 Å². The summed E-state index contributed by atoms with van der Waals surface area (Å²) in [5.41, 5.74) is 2.59. The predicted molar refractivity (Wildman–Crippen MR) is 125 cm³/mol. The highest BCUT2D eigenvalue weighted by Gasteiger charge is 2.44. The number of rotatable bonds is 7. The molecule has 2 N–H and O–H groups in total. The van der Waals surface area contributed by atoms with Gasteiger partial charge in [-0.2, -0.15) is 0 Å². The van der Waals surface area contributed by atoms with Crippen molar-refractivity contribution in [3.8, 4) is 0 Å². The van der Waals surface area contributed by atoms with Crippen molar-refractivity contribution in [1.29, 1.82) is 0 Å². The molecule has 2 aromatic carbocycles. The normalized spacial score (nSPS) is 15.6. The van der Waals surface area contributed by atoms with Crippen LogP contribution in [-0.4, -0.2) is 27.7 Å². The number of hydrogen-bond acceptors (Lipinski definition) is 5. The van der Waals surface area contributed by atoms with E-state index in [4.69, 9.17) is 0 Å². The zero-order valence-corrected chi connectivity index (χ0v) is 18.1. The van der Waals surface area contributed by atoms with Crippen molar-refractivity contribution in [2.24, 2.45) is 0 Å². The number of amides is 2. The van der Waals surface area contributed by atoms with Crippen molar-refractivity contribution in [3.05, 3.63) is 102 Å². The van der Waals surface area contributed by atoms with Crippen molar-refractivity contribution in [3.63, 3.8) is 0 Å². The molecule has 0 spiro atoms. The summed E-state index contributed by atoms with van der Waals surface area (Å²) < 4.78 is 0. The van der Waals surface area contributed by atoms with E-state index in [1.807, 2.05) is 30.3 Å². The van der Waals surface area contributed by atoms with E-state index in [-0.39, 0.29) is 23.7 Å². The van der Waals surface area contributed by atoms with E-state index >= 15 is 0 Å². The van der Waals surface area contributed by atoms with E-state index in [2.05, 4.69) is 10.3 Å². The van der Waals surface area contributed by atoms with Crippen molar-refractivity contribution in [2.45, 2.75) is 25.8 Å². The van der Waals surface area contributed by atoms with E-state index in [0.29, 0.717) is 23.4 Å². The minimum Gasteiger partial charge on any atom is -0.503 e. The molecule has 1 atom stereocenters. The highest BCUT2D eigenvalue weighted by Crippen LogP contribution is 2.41. The lowest BCUT2D eigenvalue weighted by Crippen LogP contribution is -2.31. The quantitative estimate of drug-likeness (QED) is 0.574. The van der Waals surface area contributed by atoms with Crippen molar-refractivity contribution in [2.75, 3.05) is 10.2 Å². The first-order chi connectivity index (χ1) is 16.0. The van der Waals surface area contributed by atoms with Crippen LogP contribution in [0.4, 0.5) is 11.4 Å². The number of carbonyl (C=O) groups is 3. The second-order valence-corrected chi connectivity index (χ2v) is 7.77. The fourth-order valence-corrected chi connectivity index (χ4v) is 3.98.